The molecule has 1 heterocycles. The van der Waals surface area contributed by atoms with E-state index in [1.165, 1.54) is 10.9 Å². The lowest BCUT2D eigenvalue weighted by Gasteiger charge is -2.08. The van der Waals surface area contributed by atoms with Crippen LogP contribution in [0, 0.1) is 18.6 Å². The highest BCUT2D eigenvalue weighted by Gasteiger charge is 2.19. The number of carboxylic acids is 1. The lowest BCUT2D eigenvalue weighted by molar-refractivity contribution is 0.0697. The summed E-state index contributed by atoms with van der Waals surface area (Å²) in [6.07, 6.45) is 1.44. The predicted molar refractivity (Wildman–Crippen MR) is 69.2 cm³/mol. The van der Waals surface area contributed by atoms with Gasteiger partial charge in [-0.1, -0.05) is 0 Å². The summed E-state index contributed by atoms with van der Waals surface area (Å²) in [7, 11) is 1.62. The third kappa shape index (κ3) is 2.88. The molecule has 110 valence electrons. The van der Waals surface area contributed by atoms with Crippen molar-refractivity contribution in [2.75, 3.05) is 5.32 Å². The Labute approximate surface area is 118 Å². The molecule has 2 rings (SSSR count). The van der Waals surface area contributed by atoms with E-state index in [2.05, 4.69) is 10.4 Å². The number of nitrogens with one attached hydrogen (secondary N) is 1. The molecule has 1 amide bonds. The normalized spacial score (nSPS) is 10.5. The average Bonchev–Trinajstić information content (AvgIpc) is 2.72. The minimum atomic E-state index is -1.48. The van der Waals surface area contributed by atoms with Crippen molar-refractivity contribution in [1.29, 1.82) is 0 Å². The maximum atomic E-state index is 13.2. The van der Waals surface area contributed by atoms with Gasteiger partial charge in [0.1, 0.15) is 0 Å². The topological polar surface area (TPSA) is 84.2 Å². The minimum absolute atomic E-state index is 0.207. The summed E-state index contributed by atoms with van der Waals surface area (Å²) in [6, 6.07) is 1.14. The summed E-state index contributed by atoms with van der Waals surface area (Å²) >= 11 is 0. The summed E-state index contributed by atoms with van der Waals surface area (Å²) < 4.78 is 27.7. The molecule has 0 saturated heterocycles. The molecule has 0 bridgehead atoms. The fourth-order valence-electron chi connectivity index (χ4n) is 1.84. The van der Waals surface area contributed by atoms with Crippen LogP contribution in [0.1, 0.15) is 26.4 Å². The van der Waals surface area contributed by atoms with Gasteiger partial charge in [0.2, 0.25) is 0 Å². The van der Waals surface area contributed by atoms with Crippen LogP contribution in [0.4, 0.5) is 14.5 Å². The molecular weight excluding hydrogens is 284 g/mol. The van der Waals surface area contributed by atoms with E-state index in [0.29, 0.717) is 17.8 Å². The first-order valence-electron chi connectivity index (χ1n) is 5.83. The first-order chi connectivity index (χ1) is 9.79. The summed E-state index contributed by atoms with van der Waals surface area (Å²) in [5.74, 6) is -4.69. The van der Waals surface area contributed by atoms with Crippen LogP contribution < -0.4 is 5.32 Å². The van der Waals surface area contributed by atoms with Gasteiger partial charge in [0.25, 0.3) is 5.91 Å². The van der Waals surface area contributed by atoms with Gasteiger partial charge in [0.15, 0.2) is 11.6 Å². The quantitative estimate of drug-likeness (QED) is 0.906. The van der Waals surface area contributed by atoms with Crippen LogP contribution in [0.5, 0.6) is 0 Å². The lowest BCUT2D eigenvalue weighted by atomic mass is 10.1. The molecule has 0 fully saturated rings. The second kappa shape index (κ2) is 5.31. The molecule has 0 spiro atoms. The van der Waals surface area contributed by atoms with Gasteiger partial charge in [-0.3, -0.25) is 9.48 Å². The largest absolute Gasteiger partial charge is 0.478 e. The molecule has 0 saturated carbocycles. The second-order valence-electron chi connectivity index (χ2n) is 4.37. The molecular formula is C13H11F2N3O3. The van der Waals surface area contributed by atoms with E-state index in [1.54, 1.807) is 14.0 Å². The second-order valence-corrected chi connectivity index (χ2v) is 4.37. The molecule has 2 aromatic rings. The Morgan fingerprint density at radius 2 is 1.86 bits per heavy atom. The van der Waals surface area contributed by atoms with Gasteiger partial charge < -0.3 is 10.4 Å². The van der Waals surface area contributed by atoms with E-state index >= 15 is 0 Å². The third-order valence-corrected chi connectivity index (χ3v) is 2.80. The highest BCUT2D eigenvalue weighted by Crippen LogP contribution is 2.21. The highest BCUT2D eigenvalue weighted by atomic mass is 19.2. The first-order valence-corrected chi connectivity index (χ1v) is 5.83. The molecule has 1 aromatic heterocycles. The summed E-state index contributed by atoms with van der Waals surface area (Å²) in [5, 5.41) is 15.2. The summed E-state index contributed by atoms with van der Waals surface area (Å²) in [6.45, 7) is 1.60. The molecule has 6 nitrogen and oxygen atoms in total. The van der Waals surface area contributed by atoms with E-state index in [0.717, 1.165) is 0 Å². The van der Waals surface area contributed by atoms with Crippen molar-refractivity contribution in [2.45, 2.75) is 6.92 Å². The number of carbonyl (C=O) groups is 2. The van der Waals surface area contributed by atoms with Crippen molar-refractivity contribution in [1.82, 2.24) is 9.78 Å². The van der Waals surface area contributed by atoms with Crippen LogP contribution in [0.25, 0.3) is 0 Å². The SMILES string of the molecule is Cc1nn(C)cc1C(=O)Nc1cc(F)c(F)cc1C(=O)O. The Bertz CT molecular complexity index is 741. The maximum absolute atomic E-state index is 13.2. The number of aromatic carboxylic acids is 1. The zero-order chi connectivity index (χ0) is 15.7. The van der Waals surface area contributed by atoms with Gasteiger partial charge in [-0.2, -0.15) is 5.10 Å². The summed E-state index contributed by atoms with van der Waals surface area (Å²) in [5.41, 5.74) is -0.230. The van der Waals surface area contributed by atoms with Gasteiger partial charge in [0.05, 0.1) is 22.5 Å². The number of nitrogens with zero attached hydrogens (tertiary/aromatic N) is 2. The van der Waals surface area contributed by atoms with Gasteiger partial charge >= 0.3 is 5.97 Å². The van der Waals surface area contributed by atoms with Crippen LogP contribution in [0.2, 0.25) is 0 Å². The standard InChI is InChI=1S/C13H11F2N3O3/c1-6-8(5-18(2)17-6)12(19)16-11-4-10(15)9(14)3-7(11)13(20)21/h3-5H,1-2H3,(H,16,19)(H,20,21). The fourth-order valence-corrected chi connectivity index (χ4v) is 1.84. The van der Waals surface area contributed by atoms with Crippen molar-refractivity contribution < 1.29 is 23.5 Å². The number of carboxylic acid groups (broad SMARTS) is 1. The molecule has 0 radical (unpaired) electrons. The first kappa shape index (κ1) is 14.6. The number of aryl methyl sites for hydroxylation is 2. The van der Waals surface area contributed by atoms with Gasteiger partial charge in [0, 0.05) is 19.3 Å². The fraction of sp³-hybridized carbons (Fsp3) is 0.154. The zero-order valence-corrected chi connectivity index (χ0v) is 11.1. The number of amides is 1. The zero-order valence-electron chi connectivity index (χ0n) is 11.1. The average molecular weight is 295 g/mol. The number of halogens is 2. The molecule has 0 atom stereocenters. The van der Waals surface area contributed by atoms with E-state index < -0.39 is 29.1 Å². The minimum Gasteiger partial charge on any atom is -0.478 e. The number of aromatic nitrogens is 2. The van der Waals surface area contributed by atoms with E-state index in [9.17, 15) is 18.4 Å². The van der Waals surface area contributed by atoms with Crippen LogP contribution in [0.15, 0.2) is 18.3 Å². The van der Waals surface area contributed by atoms with Crippen molar-refractivity contribution in [3.63, 3.8) is 0 Å². The molecule has 21 heavy (non-hydrogen) atoms. The smallest absolute Gasteiger partial charge is 0.337 e. The van der Waals surface area contributed by atoms with Crippen molar-refractivity contribution in [2.24, 2.45) is 7.05 Å². The van der Waals surface area contributed by atoms with Crippen LogP contribution in [-0.2, 0) is 7.05 Å². The molecule has 0 aliphatic carbocycles. The Hall–Kier alpha value is -2.77. The lowest BCUT2D eigenvalue weighted by Crippen LogP contribution is -2.16. The Balaban J connectivity index is 2.39. The summed E-state index contributed by atoms with van der Waals surface area (Å²) in [4.78, 5) is 23.1. The van der Waals surface area contributed by atoms with Crippen LogP contribution in [-0.4, -0.2) is 26.8 Å². The number of hydrogen-bond donors (Lipinski definition) is 2. The number of rotatable bonds is 3. The molecule has 1 aromatic carbocycles. The maximum Gasteiger partial charge on any atom is 0.337 e. The van der Waals surface area contributed by atoms with Gasteiger partial charge in [-0.25, -0.2) is 13.6 Å². The molecule has 0 unspecified atom stereocenters. The van der Waals surface area contributed by atoms with Crippen molar-refractivity contribution in [3.8, 4) is 0 Å². The van der Waals surface area contributed by atoms with Crippen molar-refractivity contribution >= 4 is 17.6 Å². The Morgan fingerprint density at radius 1 is 1.24 bits per heavy atom. The third-order valence-electron chi connectivity index (χ3n) is 2.80. The van der Waals surface area contributed by atoms with E-state index in [4.69, 9.17) is 5.11 Å². The molecule has 0 aliphatic heterocycles. The Kier molecular flexibility index (Phi) is 3.70. The molecule has 0 aliphatic rings. The Morgan fingerprint density at radius 3 is 2.38 bits per heavy atom. The van der Waals surface area contributed by atoms with Crippen LogP contribution in [0.3, 0.4) is 0 Å². The van der Waals surface area contributed by atoms with E-state index in [1.807, 2.05) is 0 Å². The number of anilines is 1. The van der Waals surface area contributed by atoms with Crippen molar-refractivity contribution in [3.05, 3.63) is 46.8 Å². The number of benzene rings is 1. The molecule has 2 N–H and O–H groups in total. The van der Waals surface area contributed by atoms with Crippen LogP contribution >= 0.6 is 0 Å². The van der Waals surface area contributed by atoms with Gasteiger partial charge in [-0.05, 0) is 13.0 Å². The van der Waals surface area contributed by atoms with E-state index in [-0.39, 0.29) is 11.3 Å². The van der Waals surface area contributed by atoms with Gasteiger partial charge in [-0.15, -0.1) is 0 Å². The number of carbonyl (C=O) groups excluding carboxylic acids is 1. The highest BCUT2D eigenvalue weighted by molar-refractivity contribution is 6.08. The predicted octanol–water partition coefficient (Wildman–Crippen LogP) is 1.96. The number of hydrogen-bond acceptors (Lipinski definition) is 3. The monoisotopic (exact) mass is 295 g/mol. The molecule has 8 heteroatoms.